The van der Waals surface area contributed by atoms with Crippen LogP contribution in [-0.4, -0.2) is 107 Å². The number of nitrogens with one attached hydrogen (secondary N) is 1. The summed E-state index contributed by atoms with van der Waals surface area (Å²) < 4.78 is 23.5. The van der Waals surface area contributed by atoms with Crippen molar-refractivity contribution < 1.29 is 48.2 Å². The molecule has 6 N–H and O–H groups in total. The number of nitrogens with zero attached hydrogens (tertiary/aromatic N) is 1. The van der Waals surface area contributed by atoms with Crippen LogP contribution in [0.1, 0.15) is 168 Å². The van der Waals surface area contributed by atoms with Crippen molar-refractivity contribution in [1.82, 2.24) is 5.32 Å². The van der Waals surface area contributed by atoms with Crippen LogP contribution in [0.5, 0.6) is 0 Å². The molecule has 1 fully saturated rings. The van der Waals surface area contributed by atoms with E-state index in [-0.39, 0.29) is 37.4 Å². The lowest BCUT2D eigenvalue weighted by Gasteiger charge is -2.25. The molecule has 0 saturated heterocycles. The van der Waals surface area contributed by atoms with E-state index in [1.165, 1.54) is 64.2 Å². The third-order valence-electron chi connectivity index (χ3n) is 11.0. The highest BCUT2D eigenvalue weighted by Crippen LogP contribution is 2.43. The van der Waals surface area contributed by atoms with Gasteiger partial charge in [0, 0.05) is 18.8 Å². The minimum absolute atomic E-state index is 0.0235. The second kappa shape index (κ2) is 31.7. The average molecular weight is 818 g/mol. The molecule has 1 aliphatic rings. The third-order valence-corrected chi connectivity index (χ3v) is 12.0. The molecule has 1 rings (SSSR count). The molecule has 8 atom stereocenters. The molecular formula is C44H86N2O9P+. The molecule has 0 heterocycles. The second-order valence-corrected chi connectivity index (χ2v) is 18.8. The number of rotatable bonds is 36. The minimum Gasteiger partial charge on any atom is -0.393 e. The van der Waals surface area contributed by atoms with Gasteiger partial charge in [0.2, 0.25) is 5.91 Å². The zero-order valence-electron chi connectivity index (χ0n) is 36.2. The Morgan fingerprint density at radius 3 is 1.98 bits per heavy atom. The summed E-state index contributed by atoms with van der Waals surface area (Å²) >= 11 is 0. The van der Waals surface area contributed by atoms with Crippen LogP contribution in [-0.2, 0) is 18.4 Å². The molecule has 0 bridgehead atoms. The zero-order valence-corrected chi connectivity index (χ0v) is 37.1. The van der Waals surface area contributed by atoms with E-state index in [1.54, 1.807) is 12.2 Å². The van der Waals surface area contributed by atoms with Crippen LogP contribution in [0.3, 0.4) is 0 Å². The molecule has 0 aromatic carbocycles. The fourth-order valence-corrected chi connectivity index (χ4v) is 8.11. The highest BCUT2D eigenvalue weighted by molar-refractivity contribution is 7.47. The number of phosphoric acid groups is 1. The number of aliphatic hydroxyl groups is 4. The summed E-state index contributed by atoms with van der Waals surface area (Å²) in [7, 11) is 1.44. The molecule has 1 aliphatic carbocycles. The van der Waals surface area contributed by atoms with Crippen molar-refractivity contribution in [1.29, 1.82) is 0 Å². The third kappa shape index (κ3) is 27.5. The highest BCUT2D eigenvalue weighted by Gasteiger charge is 2.39. The predicted octanol–water partition coefficient (Wildman–Crippen LogP) is 8.52. The largest absolute Gasteiger partial charge is 0.472 e. The minimum atomic E-state index is -4.40. The Bertz CT molecular complexity index is 1090. The second-order valence-electron chi connectivity index (χ2n) is 17.4. The summed E-state index contributed by atoms with van der Waals surface area (Å²) in [5, 5.41) is 45.3. The van der Waals surface area contributed by atoms with Gasteiger partial charge in [0.1, 0.15) is 13.2 Å². The van der Waals surface area contributed by atoms with E-state index >= 15 is 0 Å². The molecule has 0 spiro atoms. The first-order valence-electron chi connectivity index (χ1n) is 22.5. The van der Waals surface area contributed by atoms with Crippen LogP contribution in [0.25, 0.3) is 0 Å². The van der Waals surface area contributed by atoms with Gasteiger partial charge in [-0.1, -0.05) is 147 Å². The molecule has 0 aromatic heterocycles. The van der Waals surface area contributed by atoms with Gasteiger partial charge in [-0.3, -0.25) is 13.8 Å². The Hall–Kier alpha value is -1.14. The Morgan fingerprint density at radius 2 is 1.36 bits per heavy atom. The lowest BCUT2D eigenvalue weighted by molar-refractivity contribution is -0.870. The Kier molecular flexibility index (Phi) is 30.0. The summed E-state index contributed by atoms with van der Waals surface area (Å²) in [6.07, 6.45) is 28.7. The smallest absolute Gasteiger partial charge is 0.393 e. The number of quaternary nitrogens is 1. The summed E-state index contributed by atoms with van der Waals surface area (Å²) in [5.41, 5.74) is 0. The van der Waals surface area contributed by atoms with Gasteiger partial charge < -0.3 is 35.1 Å². The van der Waals surface area contributed by atoms with Crippen molar-refractivity contribution in [2.45, 2.75) is 198 Å². The number of hydrogen-bond donors (Lipinski definition) is 6. The number of aliphatic hydroxyl groups excluding tert-OH is 4. The fourth-order valence-electron chi connectivity index (χ4n) is 7.37. The number of allylic oxidation sites excluding steroid dienone is 1. The zero-order chi connectivity index (χ0) is 41.7. The van der Waals surface area contributed by atoms with Crippen molar-refractivity contribution >= 4 is 13.7 Å². The SMILES string of the molecule is CCCCCCCCCCCCCC/C=C/[C@@H](O)[C@H](COP(=O)(O)OCC[N+](C)(C)C)NC(=O)CCCCCC[C@@H]1[C@@H](/C=C/[C@@H](O)CCCCC)[C@H](O)C[C@@H]1O. The van der Waals surface area contributed by atoms with E-state index in [4.69, 9.17) is 9.05 Å². The molecule has 0 aliphatic heterocycles. The lowest BCUT2D eigenvalue weighted by Crippen LogP contribution is -2.45. The van der Waals surface area contributed by atoms with Crippen LogP contribution in [0.4, 0.5) is 0 Å². The van der Waals surface area contributed by atoms with Gasteiger partial charge in [-0.05, 0) is 38.0 Å². The number of phosphoric ester groups is 1. The molecule has 1 saturated carbocycles. The van der Waals surface area contributed by atoms with Crippen LogP contribution in [0.2, 0.25) is 0 Å². The Morgan fingerprint density at radius 1 is 0.786 bits per heavy atom. The molecule has 0 radical (unpaired) electrons. The standard InChI is InChI=1S/C44H85N2O9P/c1-6-8-10-11-12-13-14-15-16-17-18-19-20-25-29-41(48)40(36-55-56(52,53)54-34-33-46(3,4)5)45-44(51)30-26-22-21-24-28-38-39(43(50)35-42(38)49)32-31-37(47)27-23-9-7-2/h25,29,31-32,37-43,47-50H,6-24,26-28,30,33-36H2,1-5H3,(H-,45,51,52,53)/p+1/b29-25+,32-31+/t37-,38+,39+,40-,41+,42-,43+/m0/s1. The van der Waals surface area contributed by atoms with Gasteiger partial charge in [0.05, 0.1) is 58.2 Å². The molecule has 11 nitrogen and oxygen atoms in total. The first kappa shape index (κ1) is 52.9. The highest BCUT2D eigenvalue weighted by atomic mass is 31.2. The first-order chi connectivity index (χ1) is 26.7. The van der Waals surface area contributed by atoms with Gasteiger partial charge in [-0.15, -0.1) is 0 Å². The van der Waals surface area contributed by atoms with E-state index < -0.39 is 38.3 Å². The fraction of sp³-hybridized carbons (Fsp3) is 0.886. The van der Waals surface area contributed by atoms with Crippen LogP contribution < -0.4 is 5.32 Å². The van der Waals surface area contributed by atoms with Gasteiger partial charge in [-0.25, -0.2) is 4.57 Å². The molecule has 56 heavy (non-hydrogen) atoms. The average Bonchev–Trinajstić information content (AvgIpc) is 3.40. The lowest BCUT2D eigenvalue weighted by atomic mass is 9.88. The van der Waals surface area contributed by atoms with E-state index in [2.05, 4.69) is 19.2 Å². The topological polar surface area (TPSA) is 166 Å². The van der Waals surface area contributed by atoms with Crippen molar-refractivity contribution in [3.8, 4) is 0 Å². The van der Waals surface area contributed by atoms with Gasteiger partial charge in [0.15, 0.2) is 0 Å². The van der Waals surface area contributed by atoms with Gasteiger partial charge >= 0.3 is 7.82 Å². The molecule has 1 unspecified atom stereocenters. The molecular weight excluding hydrogens is 731 g/mol. The molecule has 0 aromatic rings. The summed E-state index contributed by atoms with van der Waals surface area (Å²) in [6.45, 7) is 4.52. The Labute approximate surface area is 341 Å². The maximum Gasteiger partial charge on any atom is 0.472 e. The van der Waals surface area contributed by atoms with Crippen LogP contribution >= 0.6 is 7.82 Å². The molecule has 330 valence electrons. The number of carbonyl (C=O) groups is 1. The summed E-state index contributed by atoms with van der Waals surface area (Å²) in [4.78, 5) is 23.3. The summed E-state index contributed by atoms with van der Waals surface area (Å²) in [5.74, 6) is -0.526. The van der Waals surface area contributed by atoms with Crippen molar-refractivity contribution in [2.24, 2.45) is 11.8 Å². The van der Waals surface area contributed by atoms with E-state index in [0.717, 1.165) is 64.2 Å². The first-order valence-corrected chi connectivity index (χ1v) is 24.0. The molecule has 1 amide bonds. The maximum atomic E-state index is 13.0. The van der Waals surface area contributed by atoms with E-state index in [9.17, 15) is 34.7 Å². The van der Waals surface area contributed by atoms with Gasteiger partial charge in [-0.2, -0.15) is 0 Å². The normalized spacial score (nSPS) is 21.8. The van der Waals surface area contributed by atoms with E-state index in [1.807, 2.05) is 33.3 Å². The monoisotopic (exact) mass is 818 g/mol. The summed E-state index contributed by atoms with van der Waals surface area (Å²) in [6, 6.07) is -0.923. The number of likely N-dealkylation sites (N-methyl/N-ethyl adjacent to an activating group) is 1. The number of carbonyl (C=O) groups excluding carboxylic acids is 1. The quantitative estimate of drug-likeness (QED) is 0.0157. The van der Waals surface area contributed by atoms with Gasteiger partial charge in [0.25, 0.3) is 0 Å². The number of hydrogen-bond acceptors (Lipinski definition) is 8. The number of amides is 1. The number of unbranched alkanes of at least 4 members (excludes halogenated alkanes) is 17. The predicted molar refractivity (Wildman–Crippen MR) is 228 cm³/mol. The van der Waals surface area contributed by atoms with E-state index in [0.29, 0.717) is 30.3 Å². The van der Waals surface area contributed by atoms with Crippen LogP contribution in [0, 0.1) is 11.8 Å². The van der Waals surface area contributed by atoms with Crippen molar-refractivity contribution in [2.75, 3.05) is 40.9 Å². The van der Waals surface area contributed by atoms with Crippen molar-refractivity contribution in [3.63, 3.8) is 0 Å². The maximum absolute atomic E-state index is 13.0. The van der Waals surface area contributed by atoms with Crippen molar-refractivity contribution in [3.05, 3.63) is 24.3 Å². The molecule has 12 heteroatoms. The Balaban J connectivity index is 2.54. The van der Waals surface area contributed by atoms with Crippen LogP contribution in [0.15, 0.2) is 24.3 Å².